The van der Waals surface area contributed by atoms with E-state index in [-0.39, 0.29) is 32.3 Å². The number of halogens is 2. The van der Waals surface area contributed by atoms with E-state index >= 15 is 0 Å². The molecule has 0 atom stereocenters. The molecule has 1 aromatic heterocycles. The molecule has 0 unspecified atom stereocenters. The molecule has 0 aliphatic heterocycles. The van der Waals surface area contributed by atoms with Crippen LogP contribution in [0.4, 0.5) is 0 Å². The lowest BCUT2D eigenvalue weighted by Crippen LogP contribution is -2.33. The summed E-state index contributed by atoms with van der Waals surface area (Å²) >= 11 is 12.0. The lowest BCUT2D eigenvalue weighted by atomic mass is 9.95. The van der Waals surface area contributed by atoms with Crippen molar-refractivity contribution in [1.29, 1.82) is 0 Å². The molecule has 2 N–H and O–H groups in total. The molecule has 1 aliphatic carbocycles. The molecule has 3 rings (SSSR count). The number of aromatic nitrogens is 2. The number of fused-ring (bicyclic) bond motifs is 1. The Morgan fingerprint density at radius 1 is 1.30 bits per heavy atom. The van der Waals surface area contributed by atoms with E-state index in [9.17, 15) is 9.90 Å². The third-order valence-corrected chi connectivity index (χ3v) is 5.07. The average Bonchev–Trinajstić information content (AvgIpc) is 2.55. The third kappa shape index (κ3) is 3.18. The van der Waals surface area contributed by atoms with E-state index in [1.807, 2.05) is 0 Å². The second-order valence-electron chi connectivity index (χ2n) is 6.02. The highest BCUT2D eigenvalue weighted by Gasteiger charge is 2.18. The van der Waals surface area contributed by atoms with Crippen molar-refractivity contribution in [2.24, 2.45) is 7.05 Å². The molecule has 2 aromatic rings. The van der Waals surface area contributed by atoms with Gasteiger partial charge in [0.2, 0.25) is 0 Å². The van der Waals surface area contributed by atoms with Crippen molar-refractivity contribution in [3.8, 4) is 5.75 Å². The zero-order valence-corrected chi connectivity index (χ0v) is 14.4. The Balaban J connectivity index is 1.99. The first-order valence-electron chi connectivity index (χ1n) is 7.79. The van der Waals surface area contributed by atoms with E-state index in [0.717, 1.165) is 12.8 Å². The van der Waals surface area contributed by atoms with Crippen LogP contribution in [0, 0.1) is 0 Å². The van der Waals surface area contributed by atoms with Gasteiger partial charge in [0.05, 0.1) is 22.0 Å². The molecule has 1 saturated carbocycles. The van der Waals surface area contributed by atoms with E-state index in [1.54, 1.807) is 7.05 Å². The van der Waals surface area contributed by atoms with Gasteiger partial charge in [-0.15, -0.1) is 0 Å². The second kappa shape index (κ2) is 6.67. The van der Waals surface area contributed by atoms with E-state index < -0.39 is 0 Å². The normalized spacial score (nSPS) is 16.1. The Morgan fingerprint density at radius 3 is 2.70 bits per heavy atom. The monoisotopic (exact) mass is 355 g/mol. The smallest absolute Gasteiger partial charge is 0.262 e. The highest BCUT2D eigenvalue weighted by atomic mass is 35.5. The number of nitrogens with one attached hydrogen (secondary N) is 1. The zero-order valence-electron chi connectivity index (χ0n) is 12.9. The summed E-state index contributed by atoms with van der Waals surface area (Å²) in [5.74, 6) is 0.351. The zero-order chi connectivity index (χ0) is 16.6. The quantitative estimate of drug-likeness (QED) is 0.885. The minimum atomic E-state index is -0.285. The largest absolute Gasteiger partial charge is 0.504 e. The maximum atomic E-state index is 12.5. The van der Waals surface area contributed by atoms with Crippen LogP contribution in [-0.2, 0) is 13.6 Å². The molecule has 0 radical (unpaired) electrons. The number of hydrogen-bond donors (Lipinski definition) is 2. The fourth-order valence-corrected chi connectivity index (χ4v) is 3.63. The van der Waals surface area contributed by atoms with Crippen molar-refractivity contribution in [1.82, 2.24) is 14.9 Å². The summed E-state index contributed by atoms with van der Waals surface area (Å²) in [6.07, 6.45) is 6.03. The van der Waals surface area contributed by atoms with Gasteiger partial charge in [-0.3, -0.25) is 9.36 Å². The maximum Gasteiger partial charge on any atom is 0.262 e. The molecule has 5 nitrogen and oxygen atoms in total. The summed E-state index contributed by atoms with van der Waals surface area (Å²) in [4.78, 5) is 17.0. The maximum absolute atomic E-state index is 12.5. The molecule has 1 aromatic carbocycles. The Bertz CT molecular complexity index is 798. The Hall–Kier alpha value is -1.30. The van der Waals surface area contributed by atoms with E-state index in [2.05, 4.69) is 10.3 Å². The molecular formula is C16H19Cl2N3O2. The van der Waals surface area contributed by atoms with Crippen molar-refractivity contribution in [3.63, 3.8) is 0 Å². The molecule has 1 aliphatic rings. The van der Waals surface area contributed by atoms with Gasteiger partial charge in [-0.2, -0.15) is 0 Å². The van der Waals surface area contributed by atoms with Crippen LogP contribution < -0.4 is 10.9 Å². The van der Waals surface area contributed by atoms with Gasteiger partial charge < -0.3 is 10.4 Å². The Morgan fingerprint density at radius 2 is 2.00 bits per heavy atom. The van der Waals surface area contributed by atoms with Crippen LogP contribution in [0.1, 0.15) is 37.9 Å². The van der Waals surface area contributed by atoms with Crippen LogP contribution in [0.2, 0.25) is 10.0 Å². The number of phenols is 1. The van der Waals surface area contributed by atoms with Crippen molar-refractivity contribution < 1.29 is 5.11 Å². The van der Waals surface area contributed by atoms with Gasteiger partial charge in [0.15, 0.2) is 5.75 Å². The predicted octanol–water partition coefficient (Wildman–Crippen LogP) is 3.37. The summed E-state index contributed by atoms with van der Waals surface area (Å²) in [7, 11) is 1.66. The standard InChI is InChI=1S/C16H19Cl2N3O2/c1-21-12(8-19-9-5-3-2-4-6-9)20-14-13(16(21)23)10(17)7-11(18)15(14)22/h7,9,19,22H,2-6,8H2,1H3. The first-order valence-corrected chi connectivity index (χ1v) is 8.54. The Kier molecular flexibility index (Phi) is 4.80. The second-order valence-corrected chi connectivity index (χ2v) is 6.83. The van der Waals surface area contributed by atoms with Crippen LogP contribution >= 0.6 is 23.2 Å². The van der Waals surface area contributed by atoms with Crippen LogP contribution in [-0.4, -0.2) is 20.7 Å². The SMILES string of the molecule is Cn1c(CNC2CCCCC2)nc2c(O)c(Cl)cc(Cl)c2c1=O. The fraction of sp³-hybridized carbons (Fsp3) is 0.500. The van der Waals surface area contributed by atoms with Gasteiger partial charge in [-0.05, 0) is 18.9 Å². The molecule has 1 fully saturated rings. The molecule has 7 heteroatoms. The molecule has 0 bridgehead atoms. The molecule has 0 amide bonds. The molecule has 0 saturated heterocycles. The van der Waals surface area contributed by atoms with Crippen molar-refractivity contribution in [3.05, 3.63) is 32.3 Å². The first kappa shape index (κ1) is 16.6. The van der Waals surface area contributed by atoms with Crippen molar-refractivity contribution >= 4 is 34.1 Å². The molecule has 23 heavy (non-hydrogen) atoms. The number of hydrogen-bond acceptors (Lipinski definition) is 4. The van der Waals surface area contributed by atoms with Crippen LogP contribution in [0.15, 0.2) is 10.9 Å². The topological polar surface area (TPSA) is 67.2 Å². The fourth-order valence-electron chi connectivity index (χ4n) is 3.10. The van der Waals surface area contributed by atoms with Gasteiger partial charge >= 0.3 is 0 Å². The number of aromatic hydroxyl groups is 1. The lowest BCUT2D eigenvalue weighted by molar-refractivity contribution is 0.367. The number of benzene rings is 1. The molecule has 0 spiro atoms. The lowest BCUT2D eigenvalue weighted by Gasteiger charge is -2.23. The van der Waals surface area contributed by atoms with Crippen LogP contribution in [0.3, 0.4) is 0 Å². The number of nitrogens with zero attached hydrogens (tertiary/aromatic N) is 2. The van der Waals surface area contributed by atoms with Gasteiger partial charge in [0.25, 0.3) is 5.56 Å². The summed E-state index contributed by atoms with van der Waals surface area (Å²) in [5.41, 5.74) is -0.126. The van der Waals surface area contributed by atoms with Crippen molar-refractivity contribution in [2.75, 3.05) is 0 Å². The summed E-state index contributed by atoms with van der Waals surface area (Å²) in [6, 6.07) is 1.82. The van der Waals surface area contributed by atoms with E-state index in [1.165, 1.54) is 29.9 Å². The van der Waals surface area contributed by atoms with Gasteiger partial charge in [0.1, 0.15) is 11.3 Å². The third-order valence-electron chi connectivity index (χ3n) is 4.48. The first-order chi connectivity index (χ1) is 11.0. The summed E-state index contributed by atoms with van der Waals surface area (Å²) in [5, 5.41) is 14.0. The highest BCUT2D eigenvalue weighted by molar-refractivity contribution is 6.39. The van der Waals surface area contributed by atoms with Gasteiger partial charge in [-0.25, -0.2) is 4.98 Å². The molecule has 1 heterocycles. The van der Waals surface area contributed by atoms with Gasteiger partial charge in [-0.1, -0.05) is 42.5 Å². The van der Waals surface area contributed by atoms with Crippen LogP contribution in [0.25, 0.3) is 10.9 Å². The van der Waals surface area contributed by atoms with Crippen molar-refractivity contribution in [2.45, 2.75) is 44.7 Å². The van der Waals surface area contributed by atoms with E-state index in [4.69, 9.17) is 23.2 Å². The highest BCUT2D eigenvalue weighted by Crippen LogP contribution is 2.34. The van der Waals surface area contributed by atoms with Crippen LogP contribution in [0.5, 0.6) is 5.75 Å². The Labute approximate surface area is 144 Å². The minimum Gasteiger partial charge on any atom is -0.504 e. The summed E-state index contributed by atoms with van der Waals surface area (Å²) < 4.78 is 1.47. The van der Waals surface area contributed by atoms with Gasteiger partial charge in [0, 0.05) is 13.1 Å². The molecular weight excluding hydrogens is 337 g/mol. The van der Waals surface area contributed by atoms with E-state index in [0.29, 0.717) is 18.4 Å². The predicted molar refractivity (Wildman–Crippen MR) is 92.4 cm³/mol. The number of phenolic OH excluding ortho intramolecular Hbond substituents is 1. The average molecular weight is 356 g/mol. The summed E-state index contributed by atoms with van der Waals surface area (Å²) in [6.45, 7) is 0.468. The minimum absolute atomic E-state index is 0.0921. The molecule has 124 valence electrons. The number of rotatable bonds is 3.